The molecule has 0 saturated carbocycles. The topological polar surface area (TPSA) is 78.4 Å². The molecule has 6 heteroatoms. The summed E-state index contributed by atoms with van der Waals surface area (Å²) in [4.78, 5) is 0. The molecule has 1 aromatic carbocycles. The van der Waals surface area contributed by atoms with Crippen LogP contribution < -0.4 is 10.0 Å². The van der Waals surface area contributed by atoms with Gasteiger partial charge in [0.25, 0.3) is 0 Å². The van der Waals surface area contributed by atoms with Gasteiger partial charge in [0, 0.05) is 18.3 Å². The van der Waals surface area contributed by atoms with E-state index in [1.54, 1.807) is 12.1 Å². The highest BCUT2D eigenvalue weighted by molar-refractivity contribution is 7.92. The Kier molecular flexibility index (Phi) is 7.32. The number of hydrogen-bond acceptors (Lipinski definition) is 4. The Morgan fingerprint density at radius 3 is 2.14 bits per heavy atom. The predicted octanol–water partition coefficient (Wildman–Crippen LogP) is 2.51. The van der Waals surface area contributed by atoms with Gasteiger partial charge >= 0.3 is 0 Å². The lowest BCUT2D eigenvalue weighted by molar-refractivity contribution is 0.0989. The molecule has 0 aromatic heterocycles. The van der Waals surface area contributed by atoms with Crippen molar-refractivity contribution in [3.05, 3.63) is 29.8 Å². The summed E-state index contributed by atoms with van der Waals surface area (Å²) in [5, 5.41) is 13.5. The summed E-state index contributed by atoms with van der Waals surface area (Å²) in [7, 11) is -3.25. The minimum absolute atomic E-state index is 0.0938. The number of sulfonamides is 1. The Labute approximate surface area is 134 Å². The molecule has 5 nitrogen and oxygen atoms in total. The summed E-state index contributed by atoms with van der Waals surface area (Å²) in [6.07, 6.45) is 2.73. The molecule has 0 radical (unpaired) electrons. The zero-order valence-corrected chi connectivity index (χ0v) is 14.7. The van der Waals surface area contributed by atoms with Gasteiger partial charge in [0.2, 0.25) is 10.0 Å². The zero-order valence-electron chi connectivity index (χ0n) is 13.8. The van der Waals surface area contributed by atoms with Crippen molar-refractivity contribution in [3.8, 4) is 0 Å². The SMILES string of the molecule is CCC(CC)C(O)CNC(C)c1ccc(NS(C)(=O)=O)cc1. The van der Waals surface area contributed by atoms with E-state index in [0.717, 1.165) is 24.7 Å². The lowest BCUT2D eigenvalue weighted by atomic mass is 9.96. The van der Waals surface area contributed by atoms with Gasteiger partial charge in [-0.25, -0.2) is 8.42 Å². The van der Waals surface area contributed by atoms with Crippen molar-refractivity contribution in [2.24, 2.45) is 5.92 Å². The highest BCUT2D eigenvalue weighted by atomic mass is 32.2. The van der Waals surface area contributed by atoms with Crippen molar-refractivity contribution in [2.45, 2.75) is 45.8 Å². The van der Waals surface area contributed by atoms with E-state index < -0.39 is 10.0 Å². The molecule has 0 aliphatic heterocycles. The number of rotatable bonds is 9. The molecule has 0 aliphatic carbocycles. The fraction of sp³-hybridized carbons (Fsp3) is 0.625. The molecular formula is C16H28N2O3S. The molecule has 1 rings (SSSR count). The van der Waals surface area contributed by atoms with Gasteiger partial charge in [-0.1, -0.05) is 38.8 Å². The maximum absolute atomic E-state index is 11.2. The van der Waals surface area contributed by atoms with Crippen LogP contribution in [0.4, 0.5) is 5.69 Å². The first-order valence-corrected chi connectivity index (χ1v) is 9.65. The van der Waals surface area contributed by atoms with E-state index in [1.165, 1.54) is 0 Å². The van der Waals surface area contributed by atoms with Crippen LogP contribution in [0.25, 0.3) is 0 Å². The van der Waals surface area contributed by atoms with Crippen molar-refractivity contribution in [1.29, 1.82) is 0 Å². The second-order valence-corrected chi connectivity index (χ2v) is 7.52. The molecule has 126 valence electrons. The molecule has 2 unspecified atom stereocenters. The second kappa shape index (κ2) is 8.50. The Morgan fingerprint density at radius 2 is 1.68 bits per heavy atom. The Balaban J connectivity index is 2.57. The Morgan fingerprint density at radius 1 is 1.14 bits per heavy atom. The highest BCUT2D eigenvalue weighted by Crippen LogP contribution is 2.18. The average molecular weight is 328 g/mol. The molecule has 2 atom stereocenters. The van der Waals surface area contributed by atoms with Gasteiger partial charge in [-0.3, -0.25) is 4.72 Å². The lowest BCUT2D eigenvalue weighted by Gasteiger charge is -2.23. The normalized spacial score (nSPS) is 14.8. The van der Waals surface area contributed by atoms with Crippen LogP contribution in [0, 0.1) is 5.92 Å². The minimum atomic E-state index is -3.25. The van der Waals surface area contributed by atoms with E-state index in [0.29, 0.717) is 18.2 Å². The average Bonchev–Trinajstić information content (AvgIpc) is 2.45. The van der Waals surface area contributed by atoms with Gasteiger partial charge in [0.05, 0.1) is 12.4 Å². The number of hydrogen-bond donors (Lipinski definition) is 3. The van der Waals surface area contributed by atoms with Crippen molar-refractivity contribution in [1.82, 2.24) is 5.32 Å². The minimum Gasteiger partial charge on any atom is -0.392 e. The van der Waals surface area contributed by atoms with Crippen molar-refractivity contribution in [2.75, 3.05) is 17.5 Å². The maximum Gasteiger partial charge on any atom is 0.229 e. The van der Waals surface area contributed by atoms with Gasteiger partial charge < -0.3 is 10.4 Å². The van der Waals surface area contributed by atoms with Crippen LogP contribution in [-0.4, -0.2) is 32.4 Å². The summed E-state index contributed by atoms with van der Waals surface area (Å²) in [6.45, 7) is 6.76. The standard InChI is InChI=1S/C16H28N2O3S/c1-5-13(6-2)16(19)11-17-12(3)14-7-9-15(10-8-14)18-22(4,20)21/h7-10,12-13,16-19H,5-6,11H2,1-4H3. The summed E-state index contributed by atoms with van der Waals surface area (Å²) >= 11 is 0. The van der Waals surface area contributed by atoms with Crippen LogP contribution in [0.5, 0.6) is 0 Å². The number of aliphatic hydroxyl groups excluding tert-OH is 1. The monoisotopic (exact) mass is 328 g/mol. The van der Waals surface area contributed by atoms with Crippen LogP contribution >= 0.6 is 0 Å². The summed E-state index contributed by atoms with van der Waals surface area (Å²) in [5.74, 6) is 0.320. The Bertz CT molecular complexity index is 539. The summed E-state index contributed by atoms with van der Waals surface area (Å²) in [5.41, 5.74) is 1.60. The molecule has 0 heterocycles. The van der Waals surface area contributed by atoms with Crippen LogP contribution in [0.1, 0.15) is 45.2 Å². The Hall–Kier alpha value is -1.11. The van der Waals surface area contributed by atoms with Crippen molar-refractivity contribution >= 4 is 15.7 Å². The number of anilines is 1. The van der Waals surface area contributed by atoms with E-state index in [1.807, 2.05) is 19.1 Å². The molecule has 0 aliphatic rings. The van der Waals surface area contributed by atoms with Crippen LogP contribution in [0.15, 0.2) is 24.3 Å². The van der Waals surface area contributed by atoms with Gasteiger partial charge in [0.15, 0.2) is 0 Å². The van der Waals surface area contributed by atoms with E-state index in [9.17, 15) is 13.5 Å². The molecular weight excluding hydrogens is 300 g/mol. The lowest BCUT2D eigenvalue weighted by Crippen LogP contribution is -2.33. The van der Waals surface area contributed by atoms with E-state index in [-0.39, 0.29) is 12.1 Å². The van der Waals surface area contributed by atoms with E-state index >= 15 is 0 Å². The first-order valence-electron chi connectivity index (χ1n) is 7.76. The van der Waals surface area contributed by atoms with Crippen LogP contribution in [0.3, 0.4) is 0 Å². The molecule has 1 aromatic rings. The smallest absolute Gasteiger partial charge is 0.229 e. The van der Waals surface area contributed by atoms with Crippen LogP contribution in [0.2, 0.25) is 0 Å². The molecule has 0 saturated heterocycles. The number of benzene rings is 1. The largest absolute Gasteiger partial charge is 0.392 e. The number of aliphatic hydroxyl groups is 1. The maximum atomic E-state index is 11.2. The third kappa shape index (κ3) is 6.34. The third-order valence-electron chi connectivity index (χ3n) is 3.94. The summed E-state index contributed by atoms with van der Waals surface area (Å²) in [6, 6.07) is 7.34. The number of nitrogens with one attached hydrogen (secondary N) is 2. The van der Waals surface area contributed by atoms with E-state index in [2.05, 4.69) is 23.9 Å². The molecule has 0 spiro atoms. The van der Waals surface area contributed by atoms with E-state index in [4.69, 9.17) is 0 Å². The second-order valence-electron chi connectivity index (χ2n) is 5.77. The molecule has 3 N–H and O–H groups in total. The first-order chi connectivity index (χ1) is 10.3. The van der Waals surface area contributed by atoms with Crippen molar-refractivity contribution in [3.63, 3.8) is 0 Å². The van der Waals surface area contributed by atoms with Gasteiger partial charge in [-0.15, -0.1) is 0 Å². The third-order valence-corrected chi connectivity index (χ3v) is 4.55. The zero-order chi connectivity index (χ0) is 16.8. The quantitative estimate of drug-likeness (QED) is 0.651. The van der Waals surface area contributed by atoms with Gasteiger partial charge in [0.1, 0.15) is 0 Å². The summed E-state index contributed by atoms with van der Waals surface area (Å²) < 4.78 is 24.8. The molecule has 0 amide bonds. The van der Waals surface area contributed by atoms with Gasteiger partial charge in [-0.05, 0) is 30.5 Å². The molecule has 0 bridgehead atoms. The first kappa shape index (κ1) is 18.9. The predicted molar refractivity (Wildman–Crippen MR) is 91.4 cm³/mol. The van der Waals surface area contributed by atoms with Crippen LogP contribution in [-0.2, 0) is 10.0 Å². The molecule has 22 heavy (non-hydrogen) atoms. The highest BCUT2D eigenvalue weighted by Gasteiger charge is 2.16. The molecule has 0 fully saturated rings. The fourth-order valence-corrected chi connectivity index (χ4v) is 3.03. The van der Waals surface area contributed by atoms with Crippen molar-refractivity contribution < 1.29 is 13.5 Å². The van der Waals surface area contributed by atoms with Gasteiger partial charge in [-0.2, -0.15) is 0 Å². The fourth-order valence-electron chi connectivity index (χ4n) is 2.47.